The number of aryl methyl sites for hydroxylation is 1. The van der Waals surface area contributed by atoms with E-state index >= 15 is 0 Å². The summed E-state index contributed by atoms with van der Waals surface area (Å²) in [6.07, 6.45) is 0. The second-order valence-electron chi connectivity index (χ2n) is 3.72. The molecule has 1 rings (SSSR count). The molecule has 5 heteroatoms. The number of urea groups is 1. The van der Waals surface area contributed by atoms with Gasteiger partial charge in [0.2, 0.25) is 5.91 Å². The first-order chi connectivity index (χ1) is 7.41. The van der Waals surface area contributed by atoms with Gasteiger partial charge < -0.3 is 16.0 Å². The molecule has 1 aromatic carbocycles. The molecular weight excluding hydrogens is 206 g/mol. The Morgan fingerprint density at radius 2 is 1.94 bits per heavy atom. The SMILES string of the molecule is Cc1ccc(C(N)=O)cc1NC(=O)N(C)C. The Morgan fingerprint density at radius 3 is 2.44 bits per heavy atom. The zero-order valence-corrected chi connectivity index (χ0v) is 9.57. The molecule has 0 aliphatic rings. The average molecular weight is 221 g/mol. The second-order valence-corrected chi connectivity index (χ2v) is 3.72. The van der Waals surface area contributed by atoms with E-state index in [0.717, 1.165) is 5.56 Å². The molecule has 16 heavy (non-hydrogen) atoms. The molecule has 0 unspecified atom stereocenters. The van der Waals surface area contributed by atoms with Crippen LogP contribution >= 0.6 is 0 Å². The Bertz CT molecular complexity index is 427. The van der Waals surface area contributed by atoms with Gasteiger partial charge in [-0.3, -0.25) is 4.79 Å². The lowest BCUT2D eigenvalue weighted by Gasteiger charge is -2.14. The van der Waals surface area contributed by atoms with Crippen LogP contribution < -0.4 is 11.1 Å². The fourth-order valence-corrected chi connectivity index (χ4v) is 1.14. The summed E-state index contributed by atoms with van der Waals surface area (Å²) in [5.74, 6) is -0.514. The Hall–Kier alpha value is -2.04. The Labute approximate surface area is 94.2 Å². The lowest BCUT2D eigenvalue weighted by atomic mass is 10.1. The summed E-state index contributed by atoms with van der Waals surface area (Å²) in [6.45, 7) is 1.84. The predicted molar refractivity (Wildman–Crippen MR) is 62.4 cm³/mol. The van der Waals surface area contributed by atoms with Gasteiger partial charge in [0.1, 0.15) is 0 Å². The van der Waals surface area contributed by atoms with E-state index in [0.29, 0.717) is 11.3 Å². The van der Waals surface area contributed by atoms with Crippen molar-refractivity contribution in [1.82, 2.24) is 4.90 Å². The number of primary amides is 1. The quantitative estimate of drug-likeness (QED) is 0.787. The maximum absolute atomic E-state index is 11.4. The summed E-state index contributed by atoms with van der Waals surface area (Å²) >= 11 is 0. The summed E-state index contributed by atoms with van der Waals surface area (Å²) < 4.78 is 0. The van der Waals surface area contributed by atoms with Crippen molar-refractivity contribution in [3.05, 3.63) is 29.3 Å². The van der Waals surface area contributed by atoms with E-state index in [2.05, 4.69) is 5.32 Å². The van der Waals surface area contributed by atoms with Gasteiger partial charge in [0.05, 0.1) is 0 Å². The number of nitrogens with zero attached hydrogens (tertiary/aromatic N) is 1. The van der Waals surface area contributed by atoms with Crippen molar-refractivity contribution < 1.29 is 9.59 Å². The van der Waals surface area contributed by atoms with E-state index in [-0.39, 0.29) is 6.03 Å². The van der Waals surface area contributed by atoms with Crippen LogP contribution in [0.1, 0.15) is 15.9 Å². The molecule has 0 atom stereocenters. The molecule has 86 valence electrons. The number of nitrogens with one attached hydrogen (secondary N) is 1. The third kappa shape index (κ3) is 2.73. The molecule has 0 radical (unpaired) electrons. The fourth-order valence-electron chi connectivity index (χ4n) is 1.14. The van der Waals surface area contributed by atoms with Crippen molar-refractivity contribution in [1.29, 1.82) is 0 Å². The number of carbonyl (C=O) groups is 2. The average Bonchev–Trinajstić information content (AvgIpc) is 2.20. The van der Waals surface area contributed by atoms with Crippen LogP contribution in [0.5, 0.6) is 0 Å². The molecule has 0 saturated carbocycles. The highest BCUT2D eigenvalue weighted by Gasteiger charge is 2.08. The summed E-state index contributed by atoms with van der Waals surface area (Å²) in [7, 11) is 3.28. The van der Waals surface area contributed by atoms with Crippen molar-refractivity contribution >= 4 is 17.6 Å². The number of nitrogens with two attached hydrogens (primary N) is 1. The second kappa shape index (κ2) is 4.65. The van der Waals surface area contributed by atoms with Crippen molar-refractivity contribution in [2.45, 2.75) is 6.92 Å². The van der Waals surface area contributed by atoms with Gasteiger partial charge >= 0.3 is 6.03 Å². The van der Waals surface area contributed by atoms with E-state index < -0.39 is 5.91 Å². The first-order valence-corrected chi connectivity index (χ1v) is 4.80. The van der Waals surface area contributed by atoms with Crippen molar-refractivity contribution in [3.8, 4) is 0 Å². The first kappa shape index (κ1) is 12.0. The molecule has 0 spiro atoms. The van der Waals surface area contributed by atoms with E-state index in [1.54, 1.807) is 32.3 Å². The fraction of sp³-hybridized carbons (Fsp3) is 0.273. The Kier molecular flexibility index (Phi) is 3.50. The molecule has 1 aromatic rings. The van der Waals surface area contributed by atoms with E-state index in [1.807, 2.05) is 6.92 Å². The smallest absolute Gasteiger partial charge is 0.321 e. The summed E-state index contributed by atoms with van der Waals surface area (Å²) in [4.78, 5) is 23.8. The van der Waals surface area contributed by atoms with Gasteiger partial charge in [0, 0.05) is 25.3 Å². The standard InChI is InChI=1S/C11H15N3O2/c1-7-4-5-8(10(12)15)6-9(7)13-11(16)14(2)3/h4-6H,1-3H3,(H2,12,15)(H,13,16). The molecule has 0 aromatic heterocycles. The van der Waals surface area contributed by atoms with Crippen LogP contribution in [0.25, 0.3) is 0 Å². The summed E-state index contributed by atoms with van der Waals surface area (Å²) in [5, 5.41) is 2.68. The minimum atomic E-state index is -0.514. The molecule has 0 saturated heterocycles. The first-order valence-electron chi connectivity index (χ1n) is 4.80. The lowest BCUT2D eigenvalue weighted by Crippen LogP contribution is -2.27. The molecule has 0 aliphatic carbocycles. The molecule has 3 N–H and O–H groups in total. The largest absolute Gasteiger partial charge is 0.366 e. The molecule has 0 bridgehead atoms. The number of carbonyl (C=O) groups excluding carboxylic acids is 2. The van der Waals surface area contributed by atoms with E-state index in [1.165, 1.54) is 4.90 Å². The number of anilines is 1. The topological polar surface area (TPSA) is 75.4 Å². The molecule has 0 aliphatic heterocycles. The van der Waals surface area contributed by atoms with Crippen LogP contribution in [0.4, 0.5) is 10.5 Å². The number of hydrogen-bond donors (Lipinski definition) is 2. The molecule has 0 fully saturated rings. The summed E-state index contributed by atoms with van der Waals surface area (Å²) in [5.41, 5.74) is 7.00. The van der Waals surface area contributed by atoms with Crippen LogP contribution in [-0.2, 0) is 0 Å². The molecule has 5 nitrogen and oxygen atoms in total. The zero-order chi connectivity index (χ0) is 12.3. The summed E-state index contributed by atoms with van der Waals surface area (Å²) in [6, 6.07) is 4.69. The van der Waals surface area contributed by atoms with E-state index in [4.69, 9.17) is 5.73 Å². The number of rotatable bonds is 2. The highest BCUT2D eigenvalue weighted by Crippen LogP contribution is 2.16. The van der Waals surface area contributed by atoms with Gasteiger partial charge in [-0.25, -0.2) is 4.79 Å². The van der Waals surface area contributed by atoms with Crippen LogP contribution in [-0.4, -0.2) is 30.9 Å². The van der Waals surface area contributed by atoms with Gasteiger partial charge in [-0.15, -0.1) is 0 Å². The van der Waals surface area contributed by atoms with Crippen LogP contribution in [0.2, 0.25) is 0 Å². The minimum absolute atomic E-state index is 0.246. The number of benzene rings is 1. The van der Waals surface area contributed by atoms with Crippen molar-refractivity contribution in [3.63, 3.8) is 0 Å². The highest BCUT2D eigenvalue weighted by atomic mass is 16.2. The molecular formula is C11H15N3O2. The number of amides is 3. The molecule has 3 amide bonds. The Morgan fingerprint density at radius 1 is 1.31 bits per heavy atom. The number of hydrogen-bond acceptors (Lipinski definition) is 2. The van der Waals surface area contributed by atoms with Gasteiger partial charge in [0.15, 0.2) is 0 Å². The van der Waals surface area contributed by atoms with Crippen molar-refractivity contribution in [2.24, 2.45) is 5.73 Å². The maximum atomic E-state index is 11.4. The third-order valence-electron chi connectivity index (χ3n) is 2.17. The highest BCUT2D eigenvalue weighted by molar-refractivity contribution is 5.96. The van der Waals surface area contributed by atoms with E-state index in [9.17, 15) is 9.59 Å². The zero-order valence-electron chi connectivity index (χ0n) is 9.57. The van der Waals surface area contributed by atoms with Gasteiger partial charge in [-0.1, -0.05) is 6.07 Å². The monoisotopic (exact) mass is 221 g/mol. The van der Waals surface area contributed by atoms with Crippen molar-refractivity contribution in [2.75, 3.05) is 19.4 Å². The third-order valence-corrected chi connectivity index (χ3v) is 2.17. The Balaban J connectivity index is 2.99. The van der Waals surface area contributed by atoms with Gasteiger partial charge in [-0.2, -0.15) is 0 Å². The predicted octanol–water partition coefficient (Wildman–Crippen LogP) is 1.19. The van der Waals surface area contributed by atoms with Crippen LogP contribution in [0.15, 0.2) is 18.2 Å². The minimum Gasteiger partial charge on any atom is -0.366 e. The maximum Gasteiger partial charge on any atom is 0.321 e. The van der Waals surface area contributed by atoms with Gasteiger partial charge in [0.25, 0.3) is 0 Å². The van der Waals surface area contributed by atoms with Gasteiger partial charge in [-0.05, 0) is 24.6 Å². The normalized spacial score (nSPS) is 9.69. The lowest BCUT2D eigenvalue weighted by molar-refractivity contribution is 0.100. The van der Waals surface area contributed by atoms with Crippen LogP contribution in [0, 0.1) is 6.92 Å². The molecule has 0 heterocycles. The van der Waals surface area contributed by atoms with Crippen LogP contribution in [0.3, 0.4) is 0 Å².